The number of nitrogens with one attached hydrogen (secondary N) is 1. The summed E-state index contributed by atoms with van der Waals surface area (Å²) in [6.07, 6.45) is 1.87. The summed E-state index contributed by atoms with van der Waals surface area (Å²) in [6.45, 7) is 2.53. The number of amides is 1. The smallest absolute Gasteiger partial charge is 0.347 e. The van der Waals surface area contributed by atoms with Gasteiger partial charge in [-0.25, -0.2) is 13.9 Å². The van der Waals surface area contributed by atoms with Crippen LogP contribution in [0.25, 0.3) is 11.2 Å². The molecule has 1 saturated heterocycles. The summed E-state index contributed by atoms with van der Waals surface area (Å²) < 4.78 is 66.8. The Morgan fingerprint density at radius 2 is 2.03 bits per heavy atom. The molecule has 3 heterocycles. The molecule has 5 rings (SSSR count). The van der Waals surface area contributed by atoms with Gasteiger partial charge in [0, 0.05) is 30.2 Å². The zero-order chi connectivity index (χ0) is 24.8. The van der Waals surface area contributed by atoms with E-state index < -0.39 is 35.3 Å². The van der Waals surface area contributed by atoms with E-state index in [1.165, 1.54) is 30.0 Å². The first-order chi connectivity index (χ1) is 16.7. The quantitative estimate of drug-likeness (QED) is 0.537. The Kier molecular flexibility index (Phi) is 5.84. The second-order valence-corrected chi connectivity index (χ2v) is 8.61. The van der Waals surface area contributed by atoms with Gasteiger partial charge in [0.15, 0.2) is 11.4 Å². The monoisotopic (exact) mass is 490 g/mol. The van der Waals surface area contributed by atoms with E-state index in [1.807, 2.05) is 6.08 Å². The van der Waals surface area contributed by atoms with E-state index in [0.29, 0.717) is 49.8 Å². The molecule has 1 aromatic carbocycles. The van der Waals surface area contributed by atoms with E-state index in [4.69, 9.17) is 9.47 Å². The number of carbonyl (C=O) groups excluding carboxylic acids is 1. The van der Waals surface area contributed by atoms with Gasteiger partial charge in [-0.2, -0.15) is 18.3 Å². The molecule has 1 fully saturated rings. The lowest BCUT2D eigenvalue weighted by molar-refractivity contribution is -0.159. The van der Waals surface area contributed by atoms with Crippen LogP contribution in [0.4, 0.5) is 17.6 Å². The number of halogens is 4. The molecule has 0 saturated carbocycles. The SMILES string of the molecule is C[C@@H](NC(=O)c1cc(C2=CCC3(CC2)OCCO3)c2ncnn2c1)c1cccc(C(F)(F)F)c1F. The topological polar surface area (TPSA) is 77.8 Å². The van der Waals surface area contributed by atoms with Gasteiger partial charge in [0.1, 0.15) is 12.1 Å². The molecule has 1 aliphatic carbocycles. The number of alkyl halides is 3. The molecule has 1 aliphatic heterocycles. The lowest BCUT2D eigenvalue weighted by Crippen LogP contribution is -2.31. The second-order valence-electron chi connectivity index (χ2n) is 8.61. The normalized spacial score (nSPS) is 18.6. The van der Waals surface area contributed by atoms with E-state index in [-0.39, 0.29) is 11.1 Å². The summed E-state index contributed by atoms with van der Waals surface area (Å²) >= 11 is 0. The summed E-state index contributed by atoms with van der Waals surface area (Å²) in [5.41, 5.74) is 0.813. The van der Waals surface area contributed by atoms with Gasteiger partial charge in [-0.1, -0.05) is 18.2 Å². The molecule has 2 aromatic heterocycles. The predicted octanol–water partition coefficient (Wildman–Crippen LogP) is 4.69. The minimum atomic E-state index is -4.84. The third-order valence-electron chi connectivity index (χ3n) is 6.38. The van der Waals surface area contributed by atoms with E-state index in [0.717, 1.165) is 11.6 Å². The number of benzene rings is 1. The van der Waals surface area contributed by atoms with E-state index in [1.54, 1.807) is 6.07 Å². The number of ether oxygens (including phenoxy) is 2. The molecular weight excluding hydrogens is 468 g/mol. The number of hydrogen-bond acceptors (Lipinski definition) is 5. The molecular formula is C24H22F4N4O3. The molecule has 1 amide bonds. The standard InChI is InChI=1S/C24H22F4N4O3/c1-14(17-3-2-4-19(20(17)25)24(26,27)28)31-22(33)16-11-18(21-29-13-30-32(21)12-16)15-5-7-23(8-6-15)34-9-10-35-23/h2-5,11-14H,6-10H2,1H3,(H,31,33)/t14-/m1/s1. The summed E-state index contributed by atoms with van der Waals surface area (Å²) in [5, 5.41) is 6.73. The molecule has 0 radical (unpaired) electrons. The highest BCUT2D eigenvalue weighted by atomic mass is 19.4. The molecule has 0 unspecified atom stereocenters. The van der Waals surface area contributed by atoms with Gasteiger partial charge in [-0.05, 0) is 31.1 Å². The predicted molar refractivity (Wildman–Crippen MR) is 117 cm³/mol. The van der Waals surface area contributed by atoms with Gasteiger partial charge in [0.25, 0.3) is 5.91 Å². The Labute approximate surface area is 197 Å². The second kappa shape index (κ2) is 8.72. The Bertz CT molecular complexity index is 1310. The number of aromatic nitrogens is 3. The van der Waals surface area contributed by atoms with E-state index in [9.17, 15) is 22.4 Å². The van der Waals surface area contributed by atoms with Crippen LogP contribution >= 0.6 is 0 Å². The summed E-state index contributed by atoms with van der Waals surface area (Å²) in [4.78, 5) is 17.3. The number of allylic oxidation sites excluding steroid dienone is 1. The maximum atomic E-state index is 14.5. The van der Waals surface area contributed by atoms with Crippen LogP contribution in [0.2, 0.25) is 0 Å². The van der Waals surface area contributed by atoms with Crippen molar-refractivity contribution < 1.29 is 31.8 Å². The first-order valence-electron chi connectivity index (χ1n) is 11.1. The van der Waals surface area contributed by atoms with Crippen LogP contribution in [0.5, 0.6) is 0 Å². The summed E-state index contributed by atoms with van der Waals surface area (Å²) in [7, 11) is 0. The average Bonchev–Trinajstić information content (AvgIpc) is 3.48. The van der Waals surface area contributed by atoms with E-state index >= 15 is 0 Å². The highest BCUT2D eigenvalue weighted by Crippen LogP contribution is 2.39. The molecule has 1 atom stereocenters. The van der Waals surface area contributed by atoms with Crippen LogP contribution in [0.15, 0.2) is 42.9 Å². The van der Waals surface area contributed by atoms with Crippen LogP contribution in [0.3, 0.4) is 0 Å². The zero-order valence-electron chi connectivity index (χ0n) is 18.7. The van der Waals surface area contributed by atoms with Crippen molar-refractivity contribution >= 4 is 17.1 Å². The molecule has 1 N–H and O–H groups in total. The third-order valence-corrected chi connectivity index (χ3v) is 6.38. The molecule has 11 heteroatoms. The van der Waals surface area contributed by atoms with Crippen LogP contribution in [0.1, 0.15) is 59.3 Å². The first kappa shape index (κ1) is 23.4. The Balaban J connectivity index is 1.42. The highest BCUT2D eigenvalue weighted by Gasteiger charge is 2.38. The Hall–Kier alpha value is -3.31. The lowest BCUT2D eigenvalue weighted by atomic mass is 9.89. The average molecular weight is 490 g/mol. The minimum Gasteiger partial charge on any atom is -0.347 e. The molecule has 3 aromatic rings. The maximum Gasteiger partial charge on any atom is 0.419 e. The Morgan fingerprint density at radius 3 is 2.71 bits per heavy atom. The van der Waals surface area contributed by atoms with E-state index in [2.05, 4.69) is 15.4 Å². The van der Waals surface area contributed by atoms with Crippen molar-refractivity contribution in [3.8, 4) is 0 Å². The van der Waals surface area contributed by atoms with Crippen LogP contribution in [-0.4, -0.2) is 39.5 Å². The number of nitrogens with zero attached hydrogens (tertiary/aromatic N) is 3. The van der Waals surface area contributed by atoms with Crippen molar-refractivity contribution in [1.82, 2.24) is 19.9 Å². The summed E-state index contributed by atoms with van der Waals surface area (Å²) in [6, 6.07) is 3.66. The van der Waals surface area contributed by atoms with Gasteiger partial charge in [0.2, 0.25) is 0 Å². The van der Waals surface area contributed by atoms with Crippen molar-refractivity contribution in [2.45, 2.75) is 44.2 Å². The molecule has 2 aliphatic rings. The van der Waals surface area contributed by atoms with Crippen molar-refractivity contribution in [2.75, 3.05) is 13.2 Å². The van der Waals surface area contributed by atoms with Gasteiger partial charge in [-0.3, -0.25) is 4.79 Å². The highest BCUT2D eigenvalue weighted by molar-refractivity contribution is 5.96. The zero-order valence-corrected chi connectivity index (χ0v) is 18.7. The molecule has 1 spiro atoms. The fourth-order valence-corrected chi connectivity index (χ4v) is 4.56. The van der Waals surface area contributed by atoms with Crippen LogP contribution in [-0.2, 0) is 15.7 Å². The molecule has 184 valence electrons. The van der Waals surface area contributed by atoms with Gasteiger partial charge >= 0.3 is 6.18 Å². The van der Waals surface area contributed by atoms with Crippen molar-refractivity contribution in [2.24, 2.45) is 0 Å². The molecule has 35 heavy (non-hydrogen) atoms. The first-order valence-corrected chi connectivity index (χ1v) is 11.1. The van der Waals surface area contributed by atoms with Crippen LogP contribution in [0, 0.1) is 5.82 Å². The molecule has 7 nitrogen and oxygen atoms in total. The van der Waals surface area contributed by atoms with Crippen molar-refractivity contribution in [1.29, 1.82) is 0 Å². The van der Waals surface area contributed by atoms with Crippen molar-refractivity contribution in [3.63, 3.8) is 0 Å². The van der Waals surface area contributed by atoms with Gasteiger partial charge < -0.3 is 14.8 Å². The molecule has 0 bridgehead atoms. The fourth-order valence-electron chi connectivity index (χ4n) is 4.56. The lowest BCUT2D eigenvalue weighted by Gasteiger charge is -2.30. The summed E-state index contributed by atoms with van der Waals surface area (Å²) in [5.74, 6) is -2.59. The number of hydrogen-bond donors (Lipinski definition) is 1. The minimum absolute atomic E-state index is 0.215. The maximum absolute atomic E-state index is 14.5. The largest absolute Gasteiger partial charge is 0.419 e. The third kappa shape index (κ3) is 4.41. The van der Waals surface area contributed by atoms with Crippen LogP contribution < -0.4 is 5.32 Å². The number of fused-ring (bicyclic) bond motifs is 1. The number of pyridine rings is 1. The number of carbonyl (C=O) groups is 1. The van der Waals surface area contributed by atoms with Crippen molar-refractivity contribution in [3.05, 3.63) is 70.9 Å². The Morgan fingerprint density at radius 1 is 1.26 bits per heavy atom. The fraction of sp³-hybridized carbons (Fsp3) is 0.375. The number of rotatable bonds is 4. The van der Waals surface area contributed by atoms with Gasteiger partial charge in [0.05, 0.1) is 30.4 Å². The van der Waals surface area contributed by atoms with Gasteiger partial charge in [-0.15, -0.1) is 0 Å².